The molecule has 3 rings (SSSR count). The van der Waals surface area contributed by atoms with E-state index < -0.39 is 11.3 Å². The van der Waals surface area contributed by atoms with Crippen LogP contribution in [0.3, 0.4) is 0 Å². The Morgan fingerprint density at radius 2 is 1.71 bits per heavy atom. The molecule has 1 saturated heterocycles. The maximum atomic E-state index is 12.4. The molecule has 0 radical (unpaired) electrons. The molecular weight excluding hydrogens is 399 g/mol. The number of hydrogen-bond donors (Lipinski definition) is 1. The minimum atomic E-state index is -4.77. The number of nitro groups is 1. The number of ether oxygens (including phenoxy) is 1. The van der Waals surface area contributed by atoms with Gasteiger partial charge in [-0.15, -0.1) is 13.2 Å². The second-order valence-corrected chi connectivity index (χ2v) is 6.68. The molecule has 10 heteroatoms. The van der Waals surface area contributed by atoms with Crippen molar-refractivity contribution in [1.82, 2.24) is 10.2 Å². The van der Waals surface area contributed by atoms with Gasteiger partial charge >= 0.3 is 6.36 Å². The summed E-state index contributed by atoms with van der Waals surface area (Å²) in [7, 11) is 0. The van der Waals surface area contributed by atoms with Crippen LogP contribution in [0.1, 0.15) is 17.2 Å². The molecule has 0 bridgehead atoms. The summed E-state index contributed by atoms with van der Waals surface area (Å²) in [6.07, 6.45) is -4.77. The molecule has 1 fully saturated rings. The van der Waals surface area contributed by atoms with E-state index in [2.05, 4.69) is 15.0 Å². The van der Waals surface area contributed by atoms with Gasteiger partial charge in [-0.3, -0.25) is 15.0 Å². The molecule has 0 aliphatic carbocycles. The molecule has 0 unspecified atom stereocenters. The third-order valence-electron chi connectivity index (χ3n) is 4.43. The molecule has 1 heterocycles. The summed E-state index contributed by atoms with van der Waals surface area (Å²) in [4.78, 5) is 12.8. The van der Waals surface area contributed by atoms with Gasteiger partial charge in [0.15, 0.2) is 0 Å². The fraction of sp³-hybridized carbons (Fsp3) is 0.333. The Balaban J connectivity index is 1.98. The zero-order valence-corrected chi connectivity index (χ0v) is 15.3. The van der Waals surface area contributed by atoms with Gasteiger partial charge < -0.3 is 10.1 Å². The third-order valence-corrected chi connectivity index (χ3v) is 4.75. The average molecular weight is 416 g/mol. The maximum absolute atomic E-state index is 12.4. The highest BCUT2D eigenvalue weighted by atomic mass is 35.5. The molecule has 6 nitrogen and oxygen atoms in total. The van der Waals surface area contributed by atoms with Gasteiger partial charge in [0, 0.05) is 32.2 Å². The monoisotopic (exact) mass is 415 g/mol. The predicted octanol–water partition coefficient (Wildman–Crippen LogP) is 4.14. The first-order valence-corrected chi connectivity index (χ1v) is 8.87. The van der Waals surface area contributed by atoms with E-state index in [0.717, 1.165) is 13.1 Å². The summed E-state index contributed by atoms with van der Waals surface area (Å²) in [6.45, 7) is 2.84. The molecule has 2 aromatic carbocycles. The minimum absolute atomic E-state index is 0.0294. The number of nitro benzene ring substituents is 1. The molecule has 0 spiro atoms. The molecule has 2 aromatic rings. The van der Waals surface area contributed by atoms with Crippen molar-refractivity contribution in [2.75, 3.05) is 26.2 Å². The SMILES string of the molecule is O=[N+]([O-])c1cc([C@H](c2ccc(OC(F)(F)F)cc2)N2CCNCC2)ccc1Cl. The Kier molecular flexibility index (Phi) is 6.07. The van der Waals surface area contributed by atoms with Gasteiger partial charge in [0.2, 0.25) is 0 Å². The van der Waals surface area contributed by atoms with E-state index in [9.17, 15) is 23.3 Å². The van der Waals surface area contributed by atoms with E-state index in [1.807, 2.05) is 0 Å². The van der Waals surface area contributed by atoms with Crippen molar-refractivity contribution in [3.05, 3.63) is 68.7 Å². The van der Waals surface area contributed by atoms with Crippen LogP contribution in [0.15, 0.2) is 42.5 Å². The van der Waals surface area contributed by atoms with Crippen LogP contribution in [-0.2, 0) is 0 Å². The van der Waals surface area contributed by atoms with Crippen LogP contribution < -0.4 is 10.1 Å². The van der Waals surface area contributed by atoms with Crippen LogP contribution in [0, 0.1) is 10.1 Å². The molecule has 0 aromatic heterocycles. The lowest BCUT2D eigenvalue weighted by Crippen LogP contribution is -2.45. The maximum Gasteiger partial charge on any atom is 0.573 e. The number of hydrogen-bond acceptors (Lipinski definition) is 5. The Labute approximate surface area is 164 Å². The number of nitrogens with one attached hydrogen (secondary N) is 1. The van der Waals surface area contributed by atoms with Gasteiger partial charge in [-0.05, 0) is 29.3 Å². The Bertz CT molecular complexity index is 840. The lowest BCUT2D eigenvalue weighted by Gasteiger charge is -2.35. The van der Waals surface area contributed by atoms with Gasteiger partial charge in [-0.25, -0.2) is 0 Å². The lowest BCUT2D eigenvalue weighted by molar-refractivity contribution is -0.384. The predicted molar refractivity (Wildman–Crippen MR) is 97.5 cm³/mol. The normalized spacial score (nSPS) is 16.6. The highest BCUT2D eigenvalue weighted by molar-refractivity contribution is 6.32. The number of nitrogens with zero attached hydrogens (tertiary/aromatic N) is 2. The molecule has 0 saturated carbocycles. The fourth-order valence-electron chi connectivity index (χ4n) is 3.25. The van der Waals surface area contributed by atoms with E-state index in [1.165, 1.54) is 36.4 Å². The molecule has 1 aliphatic heterocycles. The highest BCUT2D eigenvalue weighted by Crippen LogP contribution is 2.35. The highest BCUT2D eigenvalue weighted by Gasteiger charge is 2.31. The summed E-state index contributed by atoms with van der Waals surface area (Å²) in [6, 6.07) is 9.76. The Morgan fingerprint density at radius 3 is 2.29 bits per heavy atom. The minimum Gasteiger partial charge on any atom is -0.406 e. The zero-order valence-electron chi connectivity index (χ0n) is 14.6. The topological polar surface area (TPSA) is 67.6 Å². The van der Waals surface area contributed by atoms with Crippen LogP contribution in [0.2, 0.25) is 5.02 Å². The number of halogens is 4. The number of piperazine rings is 1. The van der Waals surface area contributed by atoms with E-state index >= 15 is 0 Å². The Morgan fingerprint density at radius 1 is 1.11 bits per heavy atom. The zero-order chi connectivity index (χ0) is 20.3. The fourth-order valence-corrected chi connectivity index (χ4v) is 3.43. The van der Waals surface area contributed by atoms with E-state index in [1.54, 1.807) is 6.07 Å². The molecule has 28 heavy (non-hydrogen) atoms. The molecule has 1 atom stereocenters. The van der Waals surface area contributed by atoms with Crippen molar-refractivity contribution >= 4 is 17.3 Å². The van der Waals surface area contributed by atoms with Crippen molar-refractivity contribution in [2.24, 2.45) is 0 Å². The molecule has 1 N–H and O–H groups in total. The quantitative estimate of drug-likeness (QED) is 0.587. The van der Waals surface area contributed by atoms with Crippen LogP contribution in [-0.4, -0.2) is 42.4 Å². The molecule has 0 amide bonds. The van der Waals surface area contributed by atoms with Gasteiger partial charge in [-0.2, -0.15) is 0 Å². The third kappa shape index (κ3) is 4.92. The van der Waals surface area contributed by atoms with Crippen LogP contribution in [0.25, 0.3) is 0 Å². The number of benzene rings is 2. The molecular formula is C18H17ClF3N3O3. The Hall–Kier alpha value is -2.36. The van der Waals surface area contributed by atoms with Crippen LogP contribution in [0.5, 0.6) is 5.75 Å². The van der Waals surface area contributed by atoms with Crippen molar-refractivity contribution < 1.29 is 22.8 Å². The van der Waals surface area contributed by atoms with Gasteiger partial charge in [0.1, 0.15) is 10.8 Å². The van der Waals surface area contributed by atoms with Gasteiger partial charge in [-0.1, -0.05) is 29.8 Å². The first-order valence-electron chi connectivity index (χ1n) is 8.49. The largest absolute Gasteiger partial charge is 0.573 e. The molecule has 150 valence electrons. The first kappa shape index (κ1) is 20.4. The van der Waals surface area contributed by atoms with Gasteiger partial charge in [0.25, 0.3) is 5.69 Å². The van der Waals surface area contributed by atoms with Crippen molar-refractivity contribution in [3.8, 4) is 5.75 Å². The summed E-state index contributed by atoms with van der Waals surface area (Å²) in [5.74, 6) is -0.322. The van der Waals surface area contributed by atoms with Crippen LogP contribution in [0.4, 0.5) is 18.9 Å². The van der Waals surface area contributed by atoms with E-state index in [-0.39, 0.29) is 22.5 Å². The molecule has 1 aliphatic rings. The van der Waals surface area contributed by atoms with Crippen molar-refractivity contribution in [1.29, 1.82) is 0 Å². The summed E-state index contributed by atoms with van der Waals surface area (Å²) < 4.78 is 41.1. The van der Waals surface area contributed by atoms with E-state index in [4.69, 9.17) is 11.6 Å². The first-order chi connectivity index (χ1) is 13.2. The summed E-state index contributed by atoms with van der Waals surface area (Å²) in [5.41, 5.74) is 1.13. The van der Waals surface area contributed by atoms with Crippen LogP contribution >= 0.6 is 11.6 Å². The second kappa shape index (κ2) is 8.34. The number of alkyl halides is 3. The van der Waals surface area contributed by atoms with Gasteiger partial charge in [0.05, 0.1) is 11.0 Å². The lowest BCUT2D eigenvalue weighted by atomic mass is 9.96. The summed E-state index contributed by atoms with van der Waals surface area (Å²) in [5, 5.41) is 14.5. The summed E-state index contributed by atoms with van der Waals surface area (Å²) >= 11 is 5.92. The smallest absolute Gasteiger partial charge is 0.406 e. The standard InChI is InChI=1S/C18H17ClF3N3O3/c19-15-6-3-13(11-16(15)25(26)27)17(24-9-7-23-8-10-24)12-1-4-14(5-2-12)28-18(20,21)22/h1-6,11,17,23H,7-10H2/t17-/m0/s1. The van der Waals surface area contributed by atoms with Crippen molar-refractivity contribution in [2.45, 2.75) is 12.4 Å². The van der Waals surface area contributed by atoms with E-state index in [0.29, 0.717) is 24.2 Å². The second-order valence-electron chi connectivity index (χ2n) is 6.27. The number of rotatable bonds is 5. The average Bonchev–Trinajstić information content (AvgIpc) is 2.64. The van der Waals surface area contributed by atoms with Crippen molar-refractivity contribution in [3.63, 3.8) is 0 Å².